The van der Waals surface area contributed by atoms with Crippen LogP contribution in [0.5, 0.6) is 0 Å². The molecule has 0 aliphatic carbocycles. The molecule has 128 valence electrons. The number of hydrogen-bond acceptors (Lipinski definition) is 4. The van der Waals surface area contributed by atoms with Crippen molar-refractivity contribution in [1.29, 1.82) is 0 Å². The van der Waals surface area contributed by atoms with Gasteiger partial charge in [0.25, 0.3) is 0 Å². The zero-order chi connectivity index (χ0) is 17.5. The Kier molecular flexibility index (Phi) is 6.75. The van der Waals surface area contributed by atoms with Crippen LogP contribution in [0.2, 0.25) is 5.02 Å². The Morgan fingerprint density at radius 1 is 1.12 bits per heavy atom. The first-order valence-corrected chi connectivity index (χ1v) is 8.04. The molecule has 6 heteroatoms. The van der Waals surface area contributed by atoms with E-state index >= 15 is 0 Å². The van der Waals surface area contributed by atoms with E-state index in [-0.39, 0.29) is 13.0 Å². The Morgan fingerprint density at radius 2 is 1.79 bits per heavy atom. The summed E-state index contributed by atoms with van der Waals surface area (Å²) in [6, 6.07) is 14.3. The Labute approximate surface area is 146 Å². The van der Waals surface area contributed by atoms with E-state index in [0.717, 1.165) is 5.56 Å². The highest BCUT2D eigenvalue weighted by Crippen LogP contribution is 2.19. The number of halogens is 1. The van der Waals surface area contributed by atoms with Gasteiger partial charge in [0.1, 0.15) is 6.04 Å². The Hall–Kier alpha value is -1.92. The van der Waals surface area contributed by atoms with Crippen LogP contribution in [0, 0.1) is 0 Å². The van der Waals surface area contributed by atoms with Gasteiger partial charge in [-0.15, -0.1) is 0 Å². The van der Waals surface area contributed by atoms with Crippen molar-refractivity contribution in [2.24, 2.45) is 5.73 Å². The molecule has 2 rings (SSSR count). The first kappa shape index (κ1) is 18.4. The number of nitrogens with one attached hydrogen (secondary N) is 1. The molecule has 0 bridgehead atoms. The summed E-state index contributed by atoms with van der Waals surface area (Å²) in [4.78, 5) is 12.3. The van der Waals surface area contributed by atoms with Crippen LogP contribution in [0.25, 0.3) is 0 Å². The third-order valence-electron chi connectivity index (χ3n) is 3.75. The Morgan fingerprint density at radius 3 is 2.42 bits per heavy atom. The summed E-state index contributed by atoms with van der Waals surface area (Å²) in [5.41, 5.74) is 7.25. The highest BCUT2D eigenvalue weighted by Gasteiger charge is 2.22. The lowest BCUT2D eigenvalue weighted by atomic mass is 10.0. The van der Waals surface area contributed by atoms with Gasteiger partial charge in [-0.2, -0.15) is 0 Å². The highest BCUT2D eigenvalue weighted by molar-refractivity contribution is 6.30. The average molecular weight is 349 g/mol. The summed E-state index contributed by atoms with van der Waals surface area (Å²) in [5, 5.41) is 22.9. The fourth-order valence-electron chi connectivity index (χ4n) is 2.40. The Bertz CT molecular complexity index is 666. The van der Waals surface area contributed by atoms with Gasteiger partial charge < -0.3 is 21.3 Å². The van der Waals surface area contributed by atoms with Gasteiger partial charge in [0, 0.05) is 5.02 Å². The maximum atomic E-state index is 12.3. The molecule has 0 saturated carbocycles. The molecule has 0 radical (unpaired) electrons. The lowest BCUT2D eigenvalue weighted by Gasteiger charge is -2.22. The van der Waals surface area contributed by atoms with Gasteiger partial charge >= 0.3 is 0 Å². The van der Waals surface area contributed by atoms with Crippen molar-refractivity contribution in [2.45, 2.75) is 24.6 Å². The van der Waals surface area contributed by atoms with Crippen LogP contribution in [0.1, 0.15) is 29.7 Å². The first-order valence-electron chi connectivity index (χ1n) is 7.66. The molecule has 0 aliphatic heterocycles. The second-order valence-electron chi connectivity index (χ2n) is 5.58. The third kappa shape index (κ3) is 5.04. The predicted octanol–water partition coefficient (Wildman–Crippen LogP) is 1.94. The number of aliphatic hydroxyl groups is 2. The zero-order valence-corrected chi connectivity index (χ0v) is 13.9. The molecule has 0 spiro atoms. The minimum atomic E-state index is -0.897. The molecule has 0 heterocycles. The number of rotatable bonds is 7. The van der Waals surface area contributed by atoms with Crippen molar-refractivity contribution in [2.75, 3.05) is 6.61 Å². The van der Waals surface area contributed by atoms with Crippen molar-refractivity contribution < 1.29 is 15.0 Å². The quantitative estimate of drug-likeness (QED) is 0.615. The van der Waals surface area contributed by atoms with Gasteiger partial charge in [0.15, 0.2) is 0 Å². The van der Waals surface area contributed by atoms with Crippen LogP contribution < -0.4 is 11.1 Å². The van der Waals surface area contributed by atoms with E-state index in [2.05, 4.69) is 5.32 Å². The summed E-state index contributed by atoms with van der Waals surface area (Å²) in [7, 11) is 0. The molecular weight excluding hydrogens is 328 g/mol. The van der Waals surface area contributed by atoms with Crippen LogP contribution in [-0.4, -0.2) is 28.8 Å². The summed E-state index contributed by atoms with van der Waals surface area (Å²) < 4.78 is 0. The number of amides is 1. The molecule has 0 saturated heterocycles. The summed E-state index contributed by atoms with van der Waals surface area (Å²) in [6.45, 7) is -0.294. The average Bonchev–Trinajstić information content (AvgIpc) is 2.61. The first-order chi connectivity index (χ1) is 11.5. The molecule has 2 aromatic rings. The van der Waals surface area contributed by atoms with E-state index in [4.69, 9.17) is 17.3 Å². The lowest BCUT2D eigenvalue weighted by molar-refractivity contribution is -0.123. The fraction of sp³-hybridized carbons (Fsp3) is 0.278. The van der Waals surface area contributed by atoms with Gasteiger partial charge in [-0.05, 0) is 29.7 Å². The topological polar surface area (TPSA) is 95.6 Å². The largest absolute Gasteiger partial charge is 0.394 e. The SMILES string of the molecule is NC(C(=O)NC(CO)CC(O)c1ccccc1)c1cccc(Cl)c1. The second-order valence-corrected chi connectivity index (χ2v) is 6.02. The molecule has 0 fully saturated rings. The fourth-order valence-corrected chi connectivity index (χ4v) is 2.60. The van der Waals surface area contributed by atoms with E-state index in [1.165, 1.54) is 0 Å². The van der Waals surface area contributed by atoms with E-state index in [0.29, 0.717) is 10.6 Å². The number of aliphatic hydroxyl groups excluding tert-OH is 2. The molecule has 24 heavy (non-hydrogen) atoms. The van der Waals surface area contributed by atoms with E-state index in [9.17, 15) is 15.0 Å². The van der Waals surface area contributed by atoms with Gasteiger partial charge in [-0.3, -0.25) is 4.79 Å². The minimum absolute atomic E-state index is 0.189. The van der Waals surface area contributed by atoms with Gasteiger partial charge in [0.2, 0.25) is 5.91 Å². The van der Waals surface area contributed by atoms with Gasteiger partial charge in [-0.1, -0.05) is 54.1 Å². The van der Waals surface area contributed by atoms with Crippen molar-refractivity contribution in [3.8, 4) is 0 Å². The standard InChI is InChI=1S/C18H21ClN2O3/c19-14-8-4-7-13(9-14)17(20)18(24)21-15(11-22)10-16(23)12-5-2-1-3-6-12/h1-9,15-17,22-23H,10-11,20H2,(H,21,24). The smallest absolute Gasteiger partial charge is 0.241 e. The maximum Gasteiger partial charge on any atom is 0.241 e. The molecule has 2 aromatic carbocycles. The summed E-state index contributed by atoms with van der Waals surface area (Å²) >= 11 is 5.90. The van der Waals surface area contributed by atoms with Gasteiger partial charge in [-0.25, -0.2) is 0 Å². The van der Waals surface area contributed by atoms with E-state index in [1.54, 1.807) is 36.4 Å². The molecule has 5 nitrogen and oxygen atoms in total. The van der Waals surface area contributed by atoms with Crippen molar-refractivity contribution >= 4 is 17.5 Å². The summed E-state index contributed by atoms with van der Waals surface area (Å²) in [6.07, 6.45) is -0.597. The van der Waals surface area contributed by atoms with Crippen LogP contribution in [0.3, 0.4) is 0 Å². The molecule has 3 unspecified atom stereocenters. The Balaban J connectivity index is 1.97. The monoisotopic (exact) mass is 348 g/mol. The van der Waals surface area contributed by atoms with Crippen molar-refractivity contribution in [3.05, 3.63) is 70.7 Å². The molecule has 1 amide bonds. The van der Waals surface area contributed by atoms with E-state index < -0.39 is 24.1 Å². The lowest BCUT2D eigenvalue weighted by Crippen LogP contribution is -2.43. The number of carbonyl (C=O) groups is 1. The molecule has 0 aromatic heterocycles. The molecule has 0 aliphatic rings. The second kappa shape index (κ2) is 8.80. The zero-order valence-electron chi connectivity index (χ0n) is 13.1. The number of hydrogen-bond donors (Lipinski definition) is 4. The van der Waals surface area contributed by atoms with Crippen LogP contribution in [-0.2, 0) is 4.79 Å². The highest BCUT2D eigenvalue weighted by atomic mass is 35.5. The predicted molar refractivity (Wildman–Crippen MR) is 93.4 cm³/mol. The van der Waals surface area contributed by atoms with Gasteiger partial charge in [0.05, 0.1) is 18.8 Å². The maximum absolute atomic E-state index is 12.3. The molecule has 5 N–H and O–H groups in total. The minimum Gasteiger partial charge on any atom is -0.394 e. The number of nitrogens with two attached hydrogens (primary N) is 1. The van der Waals surface area contributed by atoms with E-state index in [1.807, 2.05) is 18.2 Å². The normalized spacial score (nSPS) is 14.7. The molecular formula is C18H21ClN2O3. The number of carbonyl (C=O) groups excluding carboxylic acids is 1. The van der Waals surface area contributed by atoms with Crippen molar-refractivity contribution in [1.82, 2.24) is 5.32 Å². The summed E-state index contributed by atoms with van der Waals surface area (Å²) in [5.74, 6) is -0.434. The van der Waals surface area contributed by atoms with Crippen LogP contribution in [0.4, 0.5) is 0 Å². The molecule has 3 atom stereocenters. The van der Waals surface area contributed by atoms with Crippen LogP contribution in [0.15, 0.2) is 54.6 Å². The van der Waals surface area contributed by atoms with Crippen LogP contribution >= 0.6 is 11.6 Å². The number of benzene rings is 2. The third-order valence-corrected chi connectivity index (χ3v) is 3.98. The van der Waals surface area contributed by atoms with Crippen molar-refractivity contribution in [3.63, 3.8) is 0 Å².